The monoisotopic (exact) mass is 317 g/mol. The predicted molar refractivity (Wildman–Crippen MR) is 95.1 cm³/mol. The molecule has 0 radical (unpaired) electrons. The van der Waals surface area contributed by atoms with Gasteiger partial charge in [-0.2, -0.15) is 0 Å². The minimum atomic E-state index is 0.504. The summed E-state index contributed by atoms with van der Waals surface area (Å²) in [5.74, 6) is 1.67. The number of benzene rings is 1. The van der Waals surface area contributed by atoms with E-state index in [4.69, 9.17) is 4.98 Å². The van der Waals surface area contributed by atoms with Gasteiger partial charge in [0.25, 0.3) is 0 Å². The summed E-state index contributed by atoms with van der Waals surface area (Å²) in [4.78, 5) is 12.7. The van der Waals surface area contributed by atoms with Gasteiger partial charge in [0.15, 0.2) is 0 Å². The standard InChI is InChI=1S/C19H19N5/c1-2-15(11-16-13(1)5-8-22-16)18-17-12-21-9-10-24(17)19(23-18)14-3-6-20-7-4-14/h1-2,5,8-12,14,20,22H,3-4,6-7H2. The van der Waals surface area contributed by atoms with E-state index >= 15 is 0 Å². The number of aromatic nitrogens is 4. The van der Waals surface area contributed by atoms with Crippen molar-refractivity contribution in [2.24, 2.45) is 0 Å². The Morgan fingerprint density at radius 2 is 2.04 bits per heavy atom. The number of hydrogen-bond acceptors (Lipinski definition) is 3. The Morgan fingerprint density at radius 1 is 1.12 bits per heavy atom. The lowest BCUT2D eigenvalue weighted by molar-refractivity contribution is 0.444. The van der Waals surface area contributed by atoms with E-state index in [1.54, 1.807) is 0 Å². The number of hydrogen-bond donors (Lipinski definition) is 2. The van der Waals surface area contributed by atoms with Crippen molar-refractivity contribution in [2.45, 2.75) is 18.8 Å². The van der Waals surface area contributed by atoms with Crippen molar-refractivity contribution < 1.29 is 0 Å². The fourth-order valence-electron chi connectivity index (χ4n) is 3.74. The fourth-order valence-corrected chi connectivity index (χ4v) is 3.74. The highest BCUT2D eigenvalue weighted by molar-refractivity contribution is 5.87. The van der Waals surface area contributed by atoms with Crippen LogP contribution in [0.5, 0.6) is 0 Å². The van der Waals surface area contributed by atoms with Crippen LogP contribution in [0.1, 0.15) is 24.6 Å². The third-order valence-corrected chi connectivity index (χ3v) is 5.01. The number of imidazole rings is 1. The molecule has 1 aliphatic rings. The van der Waals surface area contributed by atoms with Crippen molar-refractivity contribution in [1.29, 1.82) is 0 Å². The Morgan fingerprint density at radius 3 is 2.96 bits per heavy atom. The van der Waals surface area contributed by atoms with Crippen LogP contribution in [0, 0.1) is 0 Å². The molecule has 5 rings (SSSR count). The molecule has 5 nitrogen and oxygen atoms in total. The Bertz CT molecular complexity index is 1010. The second-order valence-electron chi connectivity index (χ2n) is 6.45. The molecule has 0 unspecified atom stereocenters. The molecular weight excluding hydrogens is 298 g/mol. The fraction of sp³-hybridized carbons (Fsp3) is 0.263. The maximum absolute atomic E-state index is 5.06. The normalized spacial score (nSPS) is 16.2. The van der Waals surface area contributed by atoms with Crippen LogP contribution in [-0.4, -0.2) is 32.4 Å². The van der Waals surface area contributed by atoms with Gasteiger partial charge in [0.1, 0.15) is 5.82 Å². The Kier molecular flexibility index (Phi) is 3.13. The maximum Gasteiger partial charge on any atom is 0.117 e. The molecule has 1 saturated heterocycles. The van der Waals surface area contributed by atoms with Gasteiger partial charge in [-0.1, -0.05) is 12.1 Å². The lowest BCUT2D eigenvalue weighted by Gasteiger charge is -2.21. The molecule has 1 aliphatic heterocycles. The van der Waals surface area contributed by atoms with Crippen molar-refractivity contribution in [3.05, 3.63) is 54.9 Å². The molecular formula is C19H19N5. The third kappa shape index (κ3) is 2.12. The second-order valence-corrected chi connectivity index (χ2v) is 6.45. The minimum absolute atomic E-state index is 0.504. The molecule has 4 heterocycles. The summed E-state index contributed by atoms with van der Waals surface area (Å²) in [6.07, 6.45) is 10.0. The lowest BCUT2D eigenvalue weighted by Crippen LogP contribution is -2.27. The molecule has 3 aromatic heterocycles. The number of H-pyrrole nitrogens is 1. The van der Waals surface area contributed by atoms with Crippen LogP contribution in [0.3, 0.4) is 0 Å². The molecule has 1 aromatic carbocycles. The van der Waals surface area contributed by atoms with Gasteiger partial charge in [-0.3, -0.25) is 9.38 Å². The first-order valence-electron chi connectivity index (χ1n) is 8.50. The molecule has 0 bridgehead atoms. The molecule has 0 spiro atoms. The predicted octanol–water partition coefficient (Wildman–Crippen LogP) is 3.34. The molecule has 0 aliphatic carbocycles. The van der Waals surface area contributed by atoms with E-state index in [9.17, 15) is 0 Å². The zero-order chi connectivity index (χ0) is 15.9. The summed E-state index contributed by atoms with van der Waals surface area (Å²) >= 11 is 0. The summed E-state index contributed by atoms with van der Waals surface area (Å²) in [6.45, 7) is 2.13. The number of aromatic amines is 1. The topological polar surface area (TPSA) is 58.0 Å². The lowest BCUT2D eigenvalue weighted by atomic mass is 9.97. The number of fused-ring (bicyclic) bond motifs is 2. The largest absolute Gasteiger partial charge is 0.361 e. The van der Waals surface area contributed by atoms with E-state index in [0.717, 1.165) is 54.0 Å². The van der Waals surface area contributed by atoms with Gasteiger partial charge in [-0.25, -0.2) is 4.98 Å². The van der Waals surface area contributed by atoms with Crippen LogP contribution in [0.15, 0.2) is 49.1 Å². The van der Waals surface area contributed by atoms with Gasteiger partial charge in [-0.15, -0.1) is 0 Å². The minimum Gasteiger partial charge on any atom is -0.361 e. The molecule has 120 valence electrons. The average Bonchev–Trinajstić information content (AvgIpc) is 3.26. The smallest absolute Gasteiger partial charge is 0.117 e. The summed E-state index contributed by atoms with van der Waals surface area (Å²) in [5.41, 5.74) is 4.38. The zero-order valence-corrected chi connectivity index (χ0v) is 13.4. The SMILES string of the molecule is c1cn2c(C3CCNCC3)nc(-c3ccc4cc[nH]c4c3)c2cn1. The van der Waals surface area contributed by atoms with E-state index in [-0.39, 0.29) is 0 Å². The van der Waals surface area contributed by atoms with Crippen LogP contribution in [0.25, 0.3) is 27.7 Å². The van der Waals surface area contributed by atoms with Crippen LogP contribution in [-0.2, 0) is 0 Å². The number of nitrogens with zero attached hydrogens (tertiary/aromatic N) is 3. The third-order valence-electron chi connectivity index (χ3n) is 5.01. The first-order chi connectivity index (χ1) is 11.9. The van der Waals surface area contributed by atoms with Crippen LogP contribution in [0.2, 0.25) is 0 Å². The molecule has 4 aromatic rings. The van der Waals surface area contributed by atoms with Gasteiger partial charge in [0, 0.05) is 35.6 Å². The van der Waals surface area contributed by atoms with Crippen molar-refractivity contribution in [3.63, 3.8) is 0 Å². The van der Waals surface area contributed by atoms with Crippen LogP contribution in [0.4, 0.5) is 0 Å². The Hall–Kier alpha value is -2.66. The summed E-state index contributed by atoms with van der Waals surface area (Å²) < 4.78 is 2.22. The maximum atomic E-state index is 5.06. The van der Waals surface area contributed by atoms with Crippen molar-refractivity contribution in [3.8, 4) is 11.3 Å². The van der Waals surface area contributed by atoms with Crippen LogP contribution >= 0.6 is 0 Å². The van der Waals surface area contributed by atoms with Crippen molar-refractivity contribution >= 4 is 16.4 Å². The quantitative estimate of drug-likeness (QED) is 0.596. The van der Waals surface area contributed by atoms with Gasteiger partial charge in [0.05, 0.1) is 17.4 Å². The van der Waals surface area contributed by atoms with Crippen LogP contribution < -0.4 is 5.32 Å². The van der Waals surface area contributed by atoms with E-state index in [1.165, 1.54) is 5.39 Å². The van der Waals surface area contributed by atoms with Crippen molar-refractivity contribution in [1.82, 2.24) is 24.7 Å². The van der Waals surface area contributed by atoms with Crippen molar-refractivity contribution in [2.75, 3.05) is 13.1 Å². The molecule has 5 heteroatoms. The first kappa shape index (κ1) is 13.7. The van der Waals surface area contributed by atoms with Gasteiger partial charge in [0.2, 0.25) is 0 Å². The van der Waals surface area contributed by atoms with Gasteiger partial charge in [-0.05, 0) is 43.5 Å². The van der Waals surface area contributed by atoms with E-state index in [2.05, 4.69) is 44.0 Å². The highest BCUT2D eigenvalue weighted by Crippen LogP contribution is 2.32. The first-order valence-corrected chi connectivity index (χ1v) is 8.50. The van der Waals surface area contributed by atoms with E-state index < -0.39 is 0 Å². The number of piperidine rings is 1. The van der Waals surface area contributed by atoms with E-state index in [0.29, 0.717) is 5.92 Å². The summed E-state index contributed by atoms with van der Waals surface area (Å²) in [7, 11) is 0. The summed E-state index contributed by atoms with van der Waals surface area (Å²) in [5, 5.41) is 4.66. The van der Waals surface area contributed by atoms with E-state index in [1.807, 2.05) is 24.8 Å². The highest BCUT2D eigenvalue weighted by Gasteiger charge is 2.22. The number of rotatable bonds is 2. The zero-order valence-electron chi connectivity index (χ0n) is 13.4. The van der Waals surface area contributed by atoms with Gasteiger partial charge >= 0.3 is 0 Å². The highest BCUT2D eigenvalue weighted by atomic mass is 15.0. The molecule has 24 heavy (non-hydrogen) atoms. The second kappa shape index (κ2) is 5.46. The molecule has 0 amide bonds. The molecule has 0 saturated carbocycles. The molecule has 2 N–H and O–H groups in total. The average molecular weight is 317 g/mol. The Labute approximate surface area is 139 Å². The Balaban J connectivity index is 1.70. The van der Waals surface area contributed by atoms with Gasteiger partial charge < -0.3 is 10.3 Å². The summed E-state index contributed by atoms with van der Waals surface area (Å²) in [6, 6.07) is 8.56. The molecule has 0 atom stereocenters. The molecule has 1 fully saturated rings. The number of nitrogens with one attached hydrogen (secondary N) is 2.